The predicted octanol–water partition coefficient (Wildman–Crippen LogP) is 1.96. The number of alkyl halides is 1. The first-order chi connectivity index (χ1) is 6.80. The van der Waals surface area contributed by atoms with Crippen molar-refractivity contribution in [3.05, 3.63) is 12.2 Å². The summed E-state index contributed by atoms with van der Waals surface area (Å²) >= 11 is 3.47. The van der Waals surface area contributed by atoms with Crippen molar-refractivity contribution in [3.63, 3.8) is 0 Å². The van der Waals surface area contributed by atoms with Crippen LogP contribution in [0.1, 0.15) is 25.6 Å². The first-order valence-corrected chi connectivity index (χ1v) is 5.77. The maximum absolute atomic E-state index is 8.55. The highest BCUT2D eigenvalue weighted by Gasteiger charge is 2.08. The molecule has 0 N–H and O–H groups in total. The molecule has 0 fully saturated rings. The van der Waals surface area contributed by atoms with Crippen LogP contribution in [0.25, 0.3) is 0 Å². The maximum Gasteiger partial charge on any atom is 0.252 e. The van der Waals surface area contributed by atoms with Crippen LogP contribution in [0, 0.1) is 17.2 Å². The first kappa shape index (κ1) is 11.2. The van der Waals surface area contributed by atoms with Gasteiger partial charge in [0.25, 0.3) is 5.82 Å². The average Bonchev–Trinajstić information content (AvgIpc) is 2.65. The standard InChI is InChI=1S/C9H13BrN4/c1-2-3-8(4-10)6-14-7-12-9(5-11)13-14/h7-8H,2-4,6H2,1H3. The van der Waals surface area contributed by atoms with Crippen molar-refractivity contribution in [2.24, 2.45) is 5.92 Å². The third kappa shape index (κ3) is 3.11. The van der Waals surface area contributed by atoms with Crippen LogP contribution in [-0.2, 0) is 6.54 Å². The molecule has 1 aromatic heterocycles. The third-order valence-electron chi connectivity index (χ3n) is 2.00. The monoisotopic (exact) mass is 256 g/mol. The number of hydrogen-bond donors (Lipinski definition) is 0. The van der Waals surface area contributed by atoms with E-state index in [0.29, 0.717) is 5.92 Å². The van der Waals surface area contributed by atoms with E-state index in [1.807, 2.05) is 6.07 Å². The molecule has 1 atom stereocenters. The van der Waals surface area contributed by atoms with E-state index in [4.69, 9.17) is 5.26 Å². The molecular weight excluding hydrogens is 244 g/mol. The minimum atomic E-state index is 0.245. The molecule has 0 aliphatic heterocycles. The molecule has 0 radical (unpaired) electrons. The molecule has 0 spiro atoms. The number of nitrogens with zero attached hydrogens (tertiary/aromatic N) is 4. The predicted molar refractivity (Wildman–Crippen MR) is 56.9 cm³/mol. The summed E-state index contributed by atoms with van der Waals surface area (Å²) in [7, 11) is 0. The van der Waals surface area contributed by atoms with Gasteiger partial charge in [-0.2, -0.15) is 5.26 Å². The Hall–Kier alpha value is -0.890. The molecule has 5 heteroatoms. The normalized spacial score (nSPS) is 12.4. The SMILES string of the molecule is CCCC(CBr)Cn1cnc(C#N)n1. The minimum Gasteiger partial charge on any atom is -0.251 e. The Kier molecular flexibility index (Phi) is 4.60. The molecule has 76 valence electrons. The summed E-state index contributed by atoms with van der Waals surface area (Å²) in [6.07, 6.45) is 3.94. The number of halogens is 1. The van der Waals surface area contributed by atoms with E-state index < -0.39 is 0 Å². The van der Waals surface area contributed by atoms with Crippen molar-refractivity contribution < 1.29 is 0 Å². The van der Waals surface area contributed by atoms with Crippen LogP contribution in [0.5, 0.6) is 0 Å². The second-order valence-electron chi connectivity index (χ2n) is 3.21. The van der Waals surface area contributed by atoms with Gasteiger partial charge in [0.2, 0.25) is 0 Å². The van der Waals surface area contributed by atoms with Crippen LogP contribution < -0.4 is 0 Å². The number of rotatable bonds is 5. The number of hydrogen-bond acceptors (Lipinski definition) is 3. The van der Waals surface area contributed by atoms with Gasteiger partial charge in [-0.3, -0.25) is 4.68 Å². The molecule has 0 saturated heterocycles. The highest BCUT2D eigenvalue weighted by atomic mass is 79.9. The fourth-order valence-corrected chi connectivity index (χ4v) is 1.85. The van der Waals surface area contributed by atoms with E-state index in [9.17, 15) is 0 Å². The lowest BCUT2D eigenvalue weighted by molar-refractivity contribution is 0.427. The fourth-order valence-electron chi connectivity index (χ4n) is 1.32. The topological polar surface area (TPSA) is 54.5 Å². The van der Waals surface area contributed by atoms with E-state index >= 15 is 0 Å². The fraction of sp³-hybridized carbons (Fsp3) is 0.667. The maximum atomic E-state index is 8.55. The summed E-state index contributed by atoms with van der Waals surface area (Å²) in [6, 6.07) is 1.92. The van der Waals surface area contributed by atoms with Gasteiger partial charge in [-0.15, -0.1) is 5.10 Å². The number of aromatic nitrogens is 3. The largest absolute Gasteiger partial charge is 0.252 e. The lowest BCUT2D eigenvalue weighted by Crippen LogP contribution is -2.12. The molecule has 4 nitrogen and oxygen atoms in total. The van der Waals surface area contributed by atoms with Crippen LogP contribution in [0.2, 0.25) is 0 Å². The summed E-state index contributed by atoms with van der Waals surface area (Å²) in [5, 5.41) is 13.5. The van der Waals surface area contributed by atoms with Gasteiger partial charge in [0.05, 0.1) is 0 Å². The van der Waals surface area contributed by atoms with E-state index in [-0.39, 0.29) is 5.82 Å². The Morgan fingerprint density at radius 3 is 3.00 bits per heavy atom. The van der Waals surface area contributed by atoms with E-state index in [1.54, 1.807) is 11.0 Å². The van der Waals surface area contributed by atoms with E-state index in [2.05, 4.69) is 32.9 Å². The summed E-state index contributed by atoms with van der Waals surface area (Å²) in [4.78, 5) is 3.86. The average molecular weight is 257 g/mol. The molecule has 1 heterocycles. The molecule has 0 bridgehead atoms. The number of nitriles is 1. The second-order valence-corrected chi connectivity index (χ2v) is 3.86. The van der Waals surface area contributed by atoms with Crippen molar-refractivity contribution in [3.8, 4) is 6.07 Å². The Balaban J connectivity index is 2.54. The molecule has 1 unspecified atom stereocenters. The van der Waals surface area contributed by atoms with Gasteiger partial charge in [-0.05, 0) is 12.3 Å². The van der Waals surface area contributed by atoms with Gasteiger partial charge in [-0.1, -0.05) is 29.3 Å². The smallest absolute Gasteiger partial charge is 0.251 e. The zero-order chi connectivity index (χ0) is 10.4. The van der Waals surface area contributed by atoms with E-state index in [1.165, 1.54) is 0 Å². The van der Waals surface area contributed by atoms with Gasteiger partial charge < -0.3 is 0 Å². The Labute approximate surface area is 92.1 Å². The van der Waals surface area contributed by atoms with Crippen molar-refractivity contribution in [2.75, 3.05) is 5.33 Å². The molecule has 1 rings (SSSR count). The Morgan fingerprint density at radius 2 is 2.50 bits per heavy atom. The molecule has 1 aromatic rings. The zero-order valence-corrected chi connectivity index (χ0v) is 9.74. The lowest BCUT2D eigenvalue weighted by Gasteiger charge is -2.11. The van der Waals surface area contributed by atoms with Gasteiger partial charge in [0.15, 0.2) is 0 Å². The highest BCUT2D eigenvalue weighted by molar-refractivity contribution is 9.09. The molecule has 14 heavy (non-hydrogen) atoms. The Bertz CT molecular complexity index is 315. The van der Waals surface area contributed by atoms with Crippen molar-refractivity contribution in [2.45, 2.75) is 26.3 Å². The van der Waals surface area contributed by atoms with Crippen LogP contribution in [0.4, 0.5) is 0 Å². The summed E-state index contributed by atoms with van der Waals surface area (Å²) < 4.78 is 1.74. The quantitative estimate of drug-likeness (QED) is 0.757. The van der Waals surface area contributed by atoms with Crippen LogP contribution in [0.3, 0.4) is 0 Å². The van der Waals surface area contributed by atoms with Crippen LogP contribution in [-0.4, -0.2) is 20.1 Å². The molecular formula is C9H13BrN4. The minimum absolute atomic E-state index is 0.245. The van der Waals surface area contributed by atoms with Crippen LogP contribution in [0.15, 0.2) is 6.33 Å². The first-order valence-electron chi connectivity index (χ1n) is 4.65. The lowest BCUT2D eigenvalue weighted by atomic mass is 10.1. The van der Waals surface area contributed by atoms with Gasteiger partial charge in [-0.25, -0.2) is 4.98 Å². The third-order valence-corrected chi connectivity index (χ3v) is 2.91. The van der Waals surface area contributed by atoms with E-state index in [0.717, 1.165) is 24.7 Å². The summed E-state index contributed by atoms with van der Waals surface area (Å²) in [6.45, 7) is 2.99. The van der Waals surface area contributed by atoms with Crippen molar-refractivity contribution >= 4 is 15.9 Å². The Morgan fingerprint density at radius 1 is 1.71 bits per heavy atom. The van der Waals surface area contributed by atoms with Gasteiger partial charge in [0, 0.05) is 11.9 Å². The van der Waals surface area contributed by atoms with Gasteiger partial charge in [0.1, 0.15) is 12.4 Å². The summed E-state index contributed by atoms with van der Waals surface area (Å²) in [5.74, 6) is 0.808. The van der Waals surface area contributed by atoms with Crippen molar-refractivity contribution in [1.82, 2.24) is 14.8 Å². The van der Waals surface area contributed by atoms with Crippen LogP contribution >= 0.6 is 15.9 Å². The van der Waals surface area contributed by atoms with Gasteiger partial charge >= 0.3 is 0 Å². The zero-order valence-electron chi connectivity index (χ0n) is 8.15. The molecule has 0 aromatic carbocycles. The molecule has 0 aliphatic rings. The highest BCUT2D eigenvalue weighted by Crippen LogP contribution is 2.11. The molecule has 0 amide bonds. The summed E-state index contributed by atoms with van der Waals surface area (Å²) in [5.41, 5.74) is 0. The molecule has 0 aliphatic carbocycles. The van der Waals surface area contributed by atoms with Crippen molar-refractivity contribution in [1.29, 1.82) is 5.26 Å². The molecule has 0 saturated carbocycles. The second kappa shape index (κ2) is 5.76.